The molecule has 1 aliphatic rings. The number of aromatic nitrogens is 2. The van der Waals surface area contributed by atoms with E-state index in [0.29, 0.717) is 18.4 Å². The van der Waals surface area contributed by atoms with Crippen LogP contribution in [-0.2, 0) is 17.8 Å². The second-order valence-electron chi connectivity index (χ2n) is 5.66. The summed E-state index contributed by atoms with van der Waals surface area (Å²) in [4.78, 5) is 23.8. The predicted octanol–water partition coefficient (Wildman–Crippen LogP) is 1.84. The highest BCUT2D eigenvalue weighted by Gasteiger charge is 2.35. The van der Waals surface area contributed by atoms with Gasteiger partial charge in [-0.3, -0.25) is 14.3 Å². The molecule has 2 N–H and O–H groups in total. The fourth-order valence-corrected chi connectivity index (χ4v) is 2.83. The van der Waals surface area contributed by atoms with Gasteiger partial charge in [-0.05, 0) is 32.1 Å². The van der Waals surface area contributed by atoms with E-state index in [4.69, 9.17) is 0 Å². The molecule has 1 aromatic rings. The van der Waals surface area contributed by atoms with E-state index in [9.17, 15) is 14.7 Å². The Labute approximate surface area is 124 Å². The van der Waals surface area contributed by atoms with Crippen molar-refractivity contribution >= 4 is 11.9 Å². The molecule has 0 unspecified atom stereocenters. The van der Waals surface area contributed by atoms with Crippen LogP contribution in [0.25, 0.3) is 0 Å². The number of carboxylic acids is 1. The van der Waals surface area contributed by atoms with Crippen molar-refractivity contribution in [2.75, 3.05) is 6.54 Å². The van der Waals surface area contributed by atoms with Crippen molar-refractivity contribution in [1.82, 2.24) is 15.1 Å². The van der Waals surface area contributed by atoms with Crippen molar-refractivity contribution in [2.24, 2.45) is 5.41 Å². The van der Waals surface area contributed by atoms with E-state index in [1.807, 2.05) is 18.5 Å². The van der Waals surface area contributed by atoms with Crippen molar-refractivity contribution in [3.8, 4) is 0 Å². The van der Waals surface area contributed by atoms with Crippen LogP contribution in [0.1, 0.15) is 55.6 Å². The first-order chi connectivity index (χ1) is 10.0. The summed E-state index contributed by atoms with van der Waals surface area (Å²) in [5.41, 5.74) is 0.664. The van der Waals surface area contributed by atoms with Gasteiger partial charge in [0.2, 0.25) is 0 Å². The van der Waals surface area contributed by atoms with Gasteiger partial charge in [-0.25, -0.2) is 0 Å². The normalized spacial score (nSPS) is 14.6. The van der Waals surface area contributed by atoms with Gasteiger partial charge in [-0.15, -0.1) is 0 Å². The van der Waals surface area contributed by atoms with Crippen LogP contribution in [0.5, 0.6) is 0 Å². The highest BCUT2D eigenvalue weighted by atomic mass is 16.4. The molecule has 1 amide bonds. The largest absolute Gasteiger partial charge is 0.481 e. The lowest BCUT2D eigenvalue weighted by molar-refractivity contribution is -0.149. The minimum absolute atomic E-state index is 0.152. The molecule has 21 heavy (non-hydrogen) atoms. The summed E-state index contributed by atoms with van der Waals surface area (Å²) >= 11 is 0. The third-order valence-corrected chi connectivity index (χ3v) is 4.62. The Kier molecular flexibility index (Phi) is 4.65. The average Bonchev–Trinajstić information content (AvgIpc) is 2.92. The highest BCUT2D eigenvalue weighted by molar-refractivity contribution is 5.95. The predicted molar refractivity (Wildman–Crippen MR) is 78.1 cm³/mol. The maximum atomic E-state index is 12.3. The summed E-state index contributed by atoms with van der Waals surface area (Å²) in [6, 6.07) is 0. The number of nitrogens with zero attached hydrogens (tertiary/aromatic N) is 2. The lowest BCUT2D eigenvalue weighted by Crippen LogP contribution is -2.42. The Bertz CT molecular complexity index is 532. The molecule has 2 rings (SSSR count). The van der Waals surface area contributed by atoms with Crippen LogP contribution in [0.4, 0.5) is 0 Å². The zero-order valence-electron chi connectivity index (χ0n) is 12.7. The summed E-state index contributed by atoms with van der Waals surface area (Å²) in [6.07, 6.45) is 5.58. The number of carbonyl (C=O) groups excluding carboxylic acids is 1. The van der Waals surface area contributed by atoms with Crippen LogP contribution in [0, 0.1) is 5.41 Å². The number of aliphatic carboxylic acids is 1. The van der Waals surface area contributed by atoms with Crippen molar-refractivity contribution in [3.63, 3.8) is 0 Å². The number of amides is 1. The SMILES string of the molecule is CCC(CC)(CNC(=O)c1cnn2c1CCCC2)C(=O)O. The molecule has 1 aliphatic heterocycles. The lowest BCUT2D eigenvalue weighted by atomic mass is 9.82. The Morgan fingerprint density at radius 3 is 2.71 bits per heavy atom. The molecule has 0 fully saturated rings. The minimum atomic E-state index is -0.886. The molecule has 6 heteroatoms. The van der Waals surface area contributed by atoms with Crippen molar-refractivity contribution in [1.29, 1.82) is 0 Å². The molecule has 116 valence electrons. The highest BCUT2D eigenvalue weighted by Crippen LogP contribution is 2.26. The molecule has 0 saturated carbocycles. The van der Waals surface area contributed by atoms with E-state index in [2.05, 4.69) is 10.4 Å². The zero-order chi connectivity index (χ0) is 15.5. The lowest BCUT2D eigenvalue weighted by Gasteiger charge is -2.26. The smallest absolute Gasteiger partial charge is 0.311 e. The van der Waals surface area contributed by atoms with E-state index in [-0.39, 0.29) is 12.5 Å². The molecule has 2 heterocycles. The third kappa shape index (κ3) is 2.94. The molecular formula is C15H23N3O3. The first-order valence-electron chi connectivity index (χ1n) is 7.60. The van der Waals surface area contributed by atoms with Gasteiger partial charge in [0, 0.05) is 13.1 Å². The molecule has 0 atom stereocenters. The number of hydrogen-bond donors (Lipinski definition) is 2. The number of carboxylic acid groups (broad SMARTS) is 1. The van der Waals surface area contributed by atoms with Gasteiger partial charge in [0.25, 0.3) is 5.91 Å². The average molecular weight is 293 g/mol. The van der Waals surface area contributed by atoms with Crippen LogP contribution < -0.4 is 5.32 Å². The summed E-state index contributed by atoms with van der Waals surface area (Å²) in [5.74, 6) is -1.07. The maximum absolute atomic E-state index is 12.3. The number of rotatable bonds is 6. The van der Waals surface area contributed by atoms with Crippen LogP contribution in [0.3, 0.4) is 0 Å². The molecular weight excluding hydrogens is 270 g/mol. The molecule has 0 bridgehead atoms. The van der Waals surface area contributed by atoms with E-state index >= 15 is 0 Å². The van der Waals surface area contributed by atoms with Gasteiger partial charge in [-0.1, -0.05) is 13.8 Å². The summed E-state index contributed by atoms with van der Waals surface area (Å²) < 4.78 is 1.88. The summed E-state index contributed by atoms with van der Waals surface area (Å²) in [6.45, 7) is 4.68. The Hall–Kier alpha value is -1.85. The van der Waals surface area contributed by atoms with Gasteiger partial charge in [0.05, 0.1) is 22.9 Å². The first-order valence-corrected chi connectivity index (χ1v) is 7.60. The molecule has 0 aliphatic carbocycles. The quantitative estimate of drug-likeness (QED) is 0.838. The molecule has 0 spiro atoms. The van der Waals surface area contributed by atoms with Crippen molar-refractivity contribution in [3.05, 3.63) is 17.5 Å². The van der Waals surface area contributed by atoms with Crippen molar-refractivity contribution in [2.45, 2.75) is 52.5 Å². The van der Waals surface area contributed by atoms with Crippen molar-refractivity contribution < 1.29 is 14.7 Å². The second-order valence-corrected chi connectivity index (χ2v) is 5.66. The van der Waals surface area contributed by atoms with Gasteiger partial charge < -0.3 is 10.4 Å². The topological polar surface area (TPSA) is 84.2 Å². The number of carbonyl (C=O) groups is 2. The van der Waals surface area contributed by atoms with E-state index in [1.54, 1.807) is 6.20 Å². The maximum Gasteiger partial charge on any atom is 0.311 e. The van der Waals surface area contributed by atoms with Crippen LogP contribution in [0.15, 0.2) is 6.20 Å². The summed E-state index contributed by atoms with van der Waals surface area (Å²) in [5, 5.41) is 16.4. The monoisotopic (exact) mass is 293 g/mol. The number of aryl methyl sites for hydroxylation is 1. The minimum Gasteiger partial charge on any atom is -0.481 e. The van der Waals surface area contributed by atoms with Gasteiger partial charge >= 0.3 is 5.97 Å². The summed E-state index contributed by atoms with van der Waals surface area (Å²) in [7, 11) is 0. The fourth-order valence-electron chi connectivity index (χ4n) is 2.83. The molecule has 6 nitrogen and oxygen atoms in total. The number of hydrogen-bond acceptors (Lipinski definition) is 3. The van der Waals surface area contributed by atoms with E-state index in [1.165, 1.54) is 0 Å². The van der Waals surface area contributed by atoms with E-state index in [0.717, 1.165) is 31.5 Å². The zero-order valence-corrected chi connectivity index (χ0v) is 12.7. The second kappa shape index (κ2) is 6.28. The Morgan fingerprint density at radius 2 is 2.10 bits per heavy atom. The third-order valence-electron chi connectivity index (χ3n) is 4.62. The molecule has 0 radical (unpaired) electrons. The first kappa shape index (κ1) is 15.5. The van der Waals surface area contributed by atoms with Crippen LogP contribution in [0.2, 0.25) is 0 Å². The number of nitrogens with one attached hydrogen (secondary N) is 1. The number of fused-ring (bicyclic) bond motifs is 1. The molecule has 0 aromatic carbocycles. The van der Waals surface area contributed by atoms with Gasteiger partial charge in [0.1, 0.15) is 0 Å². The van der Waals surface area contributed by atoms with Gasteiger partial charge in [-0.2, -0.15) is 5.10 Å². The fraction of sp³-hybridized carbons (Fsp3) is 0.667. The Balaban J connectivity index is 2.08. The Morgan fingerprint density at radius 1 is 1.38 bits per heavy atom. The van der Waals surface area contributed by atoms with Crippen LogP contribution >= 0.6 is 0 Å². The van der Waals surface area contributed by atoms with Gasteiger partial charge in [0.15, 0.2) is 0 Å². The standard InChI is InChI=1S/C15H23N3O3/c1-3-15(4-2,14(20)21)10-16-13(19)11-9-17-18-8-6-5-7-12(11)18/h9H,3-8,10H2,1-2H3,(H,16,19)(H,20,21). The molecule has 1 aromatic heterocycles. The molecule has 0 saturated heterocycles. The van der Waals surface area contributed by atoms with E-state index < -0.39 is 11.4 Å². The van der Waals surface area contributed by atoms with Crippen LogP contribution in [-0.4, -0.2) is 33.3 Å².